The second kappa shape index (κ2) is 5.99. The Hall–Kier alpha value is -2.03. The molecule has 1 unspecified atom stereocenters. The average molecular weight is 299 g/mol. The van der Waals surface area contributed by atoms with Gasteiger partial charge in [-0.2, -0.15) is 5.26 Å². The minimum absolute atomic E-state index is 0.233. The highest BCUT2D eigenvalue weighted by molar-refractivity contribution is 5.86. The van der Waals surface area contributed by atoms with E-state index in [0.29, 0.717) is 0 Å². The summed E-state index contributed by atoms with van der Waals surface area (Å²) in [5.41, 5.74) is 2.10. The SMILES string of the molecule is COc1ccc2c(c1)c(C(C#N)N1CCC(O)CC1)cn2C. The summed E-state index contributed by atoms with van der Waals surface area (Å²) in [7, 11) is 3.64. The molecule has 1 saturated heterocycles. The molecular formula is C17H21N3O2. The molecule has 1 aliphatic rings. The van der Waals surface area contributed by atoms with Crippen molar-refractivity contribution >= 4 is 10.9 Å². The van der Waals surface area contributed by atoms with Crippen LogP contribution in [0.3, 0.4) is 0 Å². The van der Waals surface area contributed by atoms with Crippen LogP contribution in [0.1, 0.15) is 24.4 Å². The van der Waals surface area contributed by atoms with E-state index in [1.54, 1.807) is 7.11 Å². The van der Waals surface area contributed by atoms with Crippen molar-refractivity contribution in [3.05, 3.63) is 30.0 Å². The fourth-order valence-corrected chi connectivity index (χ4v) is 3.24. The van der Waals surface area contributed by atoms with Gasteiger partial charge in [0.1, 0.15) is 11.8 Å². The maximum Gasteiger partial charge on any atom is 0.125 e. The molecule has 2 heterocycles. The molecule has 0 bridgehead atoms. The molecule has 2 aromatic rings. The molecule has 0 spiro atoms. The highest BCUT2D eigenvalue weighted by atomic mass is 16.5. The van der Waals surface area contributed by atoms with E-state index in [1.807, 2.05) is 36.0 Å². The largest absolute Gasteiger partial charge is 0.497 e. The Morgan fingerprint density at radius 3 is 2.73 bits per heavy atom. The number of ether oxygens (including phenoxy) is 1. The molecule has 1 aromatic carbocycles. The topological polar surface area (TPSA) is 61.4 Å². The third-order valence-electron chi connectivity index (χ3n) is 4.51. The highest BCUT2D eigenvalue weighted by Crippen LogP contribution is 2.33. The van der Waals surface area contributed by atoms with E-state index in [-0.39, 0.29) is 12.1 Å². The molecular weight excluding hydrogens is 278 g/mol. The Balaban J connectivity index is 2.01. The van der Waals surface area contributed by atoms with E-state index in [2.05, 4.69) is 11.0 Å². The summed E-state index contributed by atoms with van der Waals surface area (Å²) < 4.78 is 7.37. The smallest absolute Gasteiger partial charge is 0.125 e. The van der Waals surface area contributed by atoms with Crippen molar-refractivity contribution in [1.29, 1.82) is 5.26 Å². The Morgan fingerprint density at radius 1 is 1.36 bits per heavy atom. The van der Waals surface area contributed by atoms with Crippen LogP contribution in [0.4, 0.5) is 0 Å². The van der Waals surface area contributed by atoms with Crippen molar-refractivity contribution in [2.45, 2.75) is 25.0 Å². The number of aromatic nitrogens is 1. The number of likely N-dealkylation sites (tertiary alicyclic amines) is 1. The van der Waals surface area contributed by atoms with Gasteiger partial charge in [0, 0.05) is 42.8 Å². The van der Waals surface area contributed by atoms with Crippen molar-refractivity contribution in [3.63, 3.8) is 0 Å². The van der Waals surface area contributed by atoms with Gasteiger partial charge in [0.15, 0.2) is 0 Å². The molecule has 0 amide bonds. The number of hydrogen-bond acceptors (Lipinski definition) is 4. The number of methoxy groups -OCH3 is 1. The predicted octanol–water partition coefficient (Wildman–Crippen LogP) is 2.21. The van der Waals surface area contributed by atoms with Gasteiger partial charge in [-0.3, -0.25) is 4.90 Å². The molecule has 0 saturated carbocycles. The summed E-state index contributed by atoms with van der Waals surface area (Å²) in [5, 5.41) is 20.4. The van der Waals surface area contributed by atoms with E-state index < -0.39 is 0 Å². The number of benzene rings is 1. The van der Waals surface area contributed by atoms with Gasteiger partial charge in [0.2, 0.25) is 0 Å². The molecule has 0 radical (unpaired) electrons. The maximum absolute atomic E-state index is 9.70. The number of aliphatic hydroxyl groups excluding tert-OH is 1. The molecule has 1 aromatic heterocycles. The van der Waals surface area contributed by atoms with Gasteiger partial charge in [0.25, 0.3) is 0 Å². The lowest BCUT2D eigenvalue weighted by Gasteiger charge is -2.32. The summed E-state index contributed by atoms with van der Waals surface area (Å²) in [6.45, 7) is 1.50. The number of fused-ring (bicyclic) bond motifs is 1. The van der Waals surface area contributed by atoms with E-state index in [1.165, 1.54) is 0 Å². The Morgan fingerprint density at radius 2 is 2.09 bits per heavy atom. The Bertz CT molecular complexity index is 708. The number of piperidine rings is 1. The molecule has 0 aliphatic carbocycles. The van der Waals surface area contributed by atoms with Crippen molar-refractivity contribution in [2.24, 2.45) is 7.05 Å². The Labute approximate surface area is 130 Å². The first-order valence-electron chi connectivity index (χ1n) is 7.58. The molecule has 22 heavy (non-hydrogen) atoms. The van der Waals surface area contributed by atoms with Crippen LogP contribution in [0.2, 0.25) is 0 Å². The molecule has 5 heteroatoms. The zero-order valence-corrected chi connectivity index (χ0v) is 13.0. The van der Waals surface area contributed by atoms with E-state index in [4.69, 9.17) is 4.74 Å². The van der Waals surface area contributed by atoms with E-state index in [0.717, 1.165) is 48.1 Å². The fourth-order valence-electron chi connectivity index (χ4n) is 3.24. The van der Waals surface area contributed by atoms with Crippen molar-refractivity contribution < 1.29 is 9.84 Å². The van der Waals surface area contributed by atoms with Gasteiger partial charge in [-0.25, -0.2) is 0 Å². The number of nitrogens with zero attached hydrogens (tertiary/aromatic N) is 3. The van der Waals surface area contributed by atoms with E-state index >= 15 is 0 Å². The number of hydrogen-bond donors (Lipinski definition) is 1. The number of aryl methyl sites for hydroxylation is 1. The van der Waals surface area contributed by atoms with E-state index in [9.17, 15) is 10.4 Å². The summed E-state index contributed by atoms with van der Waals surface area (Å²) in [5.74, 6) is 0.797. The summed E-state index contributed by atoms with van der Waals surface area (Å²) in [4.78, 5) is 2.15. The Kier molecular flexibility index (Phi) is 4.06. The predicted molar refractivity (Wildman–Crippen MR) is 84.6 cm³/mol. The molecule has 1 atom stereocenters. The highest BCUT2D eigenvalue weighted by Gasteiger charge is 2.27. The average Bonchev–Trinajstić information content (AvgIpc) is 2.86. The van der Waals surface area contributed by atoms with Crippen LogP contribution in [-0.2, 0) is 7.05 Å². The third-order valence-corrected chi connectivity index (χ3v) is 4.51. The van der Waals surface area contributed by atoms with Gasteiger partial charge in [0.05, 0.1) is 19.3 Å². The zero-order chi connectivity index (χ0) is 15.7. The number of nitriles is 1. The zero-order valence-electron chi connectivity index (χ0n) is 13.0. The first-order chi connectivity index (χ1) is 10.6. The standard InChI is InChI=1S/C17H21N3O2/c1-19-11-15(14-9-13(22-2)3-4-16(14)19)17(10-18)20-7-5-12(21)6-8-20/h3-4,9,11-12,17,21H,5-8H2,1-2H3. The molecule has 5 nitrogen and oxygen atoms in total. The van der Waals surface area contributed by atoms with Gasteiger partial charge >= 0.3 is 0 Å². The fraction of sp³-hybridized carbons (Fsp3) is 0.471. The second-order valence-electron chi connectivity index (χ2n) is 5.88. The quantitative estimate of drug-likeness (QED) is 0.944. The van der Waals surface area contributed by atoms with Gasteiger partial charge in [-0.05, 0) is 31.0 Å². The molecule has 116 valence electrons. The van der Waals surface area contributed by atoms with Crippen LogP contribution >= 0.6 is 0 Å². The van der Waals surface area contributed by atoms with Crippen LogP contribution < -0.4 is 4.74 Å². The minimum Gasteiger partial charge on any atom is -0.497 e. The lowest BCUT2D eigenvalue weighted by atomic mass is 10.0. The van der Waals surface area contributed by atoms with Crippen LogP contribution in [0.5, 0.6) is 5.75 Å². The normalized spacial score (nSPS) is 18.3. The molecule has 1 N–H and O–H groups in total. The minimum atomic E-state index is -0.289. The lowest BCUT2D eigenvalue weighted by molar-refractivity contribution is 0.0719. The summed E-state index contributed by atoms with van der Waals surface area (Å²) >= 11 is 0. The van der Waals surface area contributed by atoms with Gasteiger partial charge in [-0.15, -0.1) is 0 Å². The third kappa shape index (κ3) is 2.56. The maximum atomic E-state index is 9.70. The van der Waals surface area contributed by atoms with Gasteiger partial charge in [-0.1, -0.05) is 0 Å². The monoisotopic (exact) mass is 299 g/mol. The lowest BCUT2D eigenvalue weighted by Crippen LogP contribution is -2.38. The number of rotatable bonds is 3. The van der Waals surface area contributed by atoms with Crippen molar-refractivity contribution in [3.8, 4) is 11.8 Å². The van der Waals surface area contributed by atoms with Crippen LogP contribution in [-0.4, -0.2) is 40.9 Å². The van der Waals surface area contributed by atoms with Gasteiger partial charge < -0.3 is 14.4 Å². The van der Waals surface area contributed by atoms with Crippen molar-refractivity contribution in [2.75, 3.05) is 20.2 Å². The molecule has 3 rings (SSSR count). The summed E-state index contributed by atoms with van der Waals surface area (Å²) in [6.07, 6.45) is 3.25. The van der Waals surface area contributed by atoms with Crippen LogP contribution in [0.15, 0.2) is 24.4 Å². The summed E-state index contributed by atoms with van der Waals surface area (Å²) in [6, 6.07) is 8.10. The first kappa shape index (κ1) is 14.9. The van der Waals surface area contributed by atoms with Crippen LogP contribution in [0.25, 0.3) is 10.9 Å². The second-order valence-corrected chi connectivity index (χ2v) is 5.88. The van der Waals surface area contributed by atoms with Crippen LogP contribution in [0, 0.1) is 11.3 Å². The van der Waals surface area contributed by atoms with Crippen molar-refractivity contribution in [1.82, 2.24) is 9.47 Å². The molecule has 1 aliphatic heterocycles. The first-order valence-corrected chi connectivity index (χ1v) is 7.58. The molecule has 1 fully saturated rings. The number of aliphatic hydroxyl groups is 1.